The second-order valence-corrected chi connectivity index (χ2v) is 7.79. The minimum Gasteiger partial charge on any atom is -0.384 e. The van der Waals surface area contributed by atoms with Crippen molar-refractivity contribution in [1.82, 2.24) is 9.97 Å². The summed E-state index contributed by atoms with van der Waals surface area (Å²) in [5.74, 6) is 0.375. The van der Waals surface area contributed by atoms with E-state index in [9.17, 15) is 0 Å². The van der Waals surface area contributed by atoms with E-state index in [2.05, 4.69) is 18.2 Å². The fourth-order valence-corrected chi connectivity index (χ4v) is 3.56. The number of rotatable bonds is 8. The number of fused-ring (bicyclic) bond motifs is 1. The van der Waals surface area contributed by atoms with Crippen LogP contribution < -0.4 is 11.5 Å². The Bertz CT molecular complexity index is 1310. The zero-order chi connectivity index (χ0) is 23.2. The number of amidine groups is 1. The van der Waals surface area contributed by atoms with Crippen molar-refractivity contribution in [3.05, 3.63) is 109 Å². The van der Waals surface area contributed by atoms with E-state index in [0.29, 0.717) is 12.3 Å². The van der Waals surface area contributed by atoms with Gasteiger partial charge in [-0.3, -0.25) is 0 Å². The summed E-state index contributed by atoms with van der Waals surface area (Å²) in [5.41, 5.74) is 19.3. The minimum absolute atomic E-state index is 0.375. The first-order valence-electron chi connectivity index (χ1n) is 10.9. The Kier molecular flexibility index (Phi) is 6.72. The molecule has 0 aliphatic heterocycles. The molecule has 4 rings (SSSR count). The maximum Gasteiger partial charge on any atom is 0.125 e. The minimum atomic E-state index is -0.573. The molecule has 5 heteroatoms. The molecule has 3 aromatic carbocycles. The van der Waals surface area contributed by atoms with Crippen molar-refractivity contribution in [1.29, 1.82) is 0 Å². The lowest BCUT2D eigenvalue weighted by molar-refractivity contribution is 0.773. The number of aliphatic imine (C=N–C) groups is 1. The van der Waals surface area contributed by atoms with Gasteiger partial charge in [-0.2, -0.15) is 0 Å². The Morgan fingerprint density at radius 2 is 1.39 bits per heavy atom. The molecule has 4 aromatic rings. The van der Waals surface area contributed by atoms with Crippen LogP contribution in [0.25, 0.3) is 33.5 Å². The van der Waals surface area contributed by atoms with E-state index in [1.165, 1.54) is 0 Å². The van der Waals surface area contributed by atoms with Gasteiger partial charge in [-0.25, -0.2) is 15.0 Å². The Labute approximate surface area is 194 Å². The van der Waals surface area contributed by atoms with Gasteiger partial charge in [0.2, 0.25) is 0 Å². The second kappa shape index (κ2) is 10.0. The molecule has 0 aliphatic rings. The molecule has 164 valence electrons. The van der Waals surface area contributed by atoms with Crippen LogP contribution in [-0.4, -0.2) is 15.8 Å². The lowest BCUT2D eigenvalue weighted by Gasteiger charge is -2.13. The smallest absolute Gasteiger partial charge is 0.125 e. The molecule has 0 bridgehead atoms. The predicted molar refractivity (Wildman–Crippen MR) is 138 cm³/mol. The highest BCUT2D eigenvalue weighted by molar-refractivity contribution is 5.96. The molecule has 0 radical (unpaired) electrons. The van der Waals surface area contributed by atoms with Gasteiger partial charge in [-0.1, -0.05) is 79.4 Å². The molecule has 0 spiro atoms. The Morgan fingerprint density at radius 1 is 0.848 bits per heavy atom. The summed E-state index contributed by atoms with van der Waals surface area (Å²) in [6.07, 6.45) is 2.77. The van der Waals surface area contributed by atoms with Gasteiger partial charge < -0.3 is 11.5 Å². The number of nitrogens with two attached hydrogens (primary N) is 2. The van der Waals surface area contributed by atoms with Gasteiger partial charge >= 0.3 is 0 Å². The quantitative estimate of drug-likeness (QED) is 0.209. The van der Waals surface area contributed by atoms with Crippen molar-refractivity contribution in [2.45, 2.75) is 19.0 Å². The van der Waals surface area contributed by atoms with Crippen molar-refractivity contribution in [2.75, 3.05) is 0 Å². The van der Waals surface area contributed by atoms with Crippen LogP contribution in [-0.2, 0) is 0 Å². The molecule has 0 amide bonds. The average Bonchev–Trinajstić information content (AvgIpc) is 2.87. The topological polar surface area (TPSA) is 90.2 Å². The van der Waals surface area contributed by atoms with Crippen LogP contribution in [0.4, 0.5) is 0 Å². The first-order valence-corrected chi connectivity index (χ1v) is 10.9. The highest BCUT2D eigenvalue weighted by atomic mass is 15.0. The largest absolute Gasteiger partial charge is 0.384 e. The maximum absolute atomic E-state index is 6.29. The van der Waals surface area contributed by atoms with Crippen molar-refractivity contribution in [3.63, 3.8) is 0 Å². The summed E-state index contributed by atoms with van der Waals surface area (Å²) in [6.45, 7) is 7.70. The first-order chi connectivity index (χ1) is 16.1. The second-order valence-electron chi connectivity index (χ2n) is 7.79. The van der Waals surface area contributed by atoms with Crippen molar-refractivity contribution in [2.24, 2.45) is 16.5 Å². The third kappa shape index (κ3) is 5.05. The SMILES string of the molecule is C=CCCC(=C)C(N)=NC(N)c1ccc(-c2nc3ccccc3nc2-c2ccccc2)cc1. The van der Waals surface area contributed by atoms with E-state index in [-0.39, 0.29) is 0 Å². The molecule has 0 saturated carbocycles. The third-order valence-electron chi connectivity index (χ3n) is 5.43. The van der Waals surface area contributed by atoms with E-state index in [1.54, 1.807) is 0 Å². The fourth-order valence-electron chi connectivity index (χ4n) is 3.56. The number of benzene rings is 3. The van der Waals surface area contributed by atoms with E-state index in [1.807, 2.05) is 84.9 Å². The molecule has 0 aliphatic carbocycles. The summed E-state index contributed by atoms with van der Waals surface area (Å²) < 4.78 is 0. The van der Waals surface area contributed by atoms with Crippen LogP contribution in [0.3, 0.4) is 0 Å². The summed E-state index contributed by atoms with van der Waals surface area (Å²) >= 11 is 0. The Balaban J connectivity index is 1.68. The van der Waals surface area contributed by atoms with Crippen molar-refractivity contribution >= 4 is 16.9 Å². The maximum atomic E-state index is 6.29. The normalized spacial score (nSPS) is 12.5. The van der Waals surface area contributed by atoms with Gasteiger partial charge in [0.25, 0.3) is 0 Å². The van der Waals surface area contributed by atoms with Gasteiger partial charge in [0.15, 0.2) is 0 Å². The number of hydrogen-bond donors (Lipinski definition) is 2. The van der Waals surface area contributed by atoms with Crippen LogP contribution in [0.1, 0.15) is 24.6 Å². The molecule has 1 heterocycles. The number of para-hydroxylation sites is 2. The van der Waals surface area contributed by atoms with Crippen LogP contribution in [0.2, 0.25) is 0 Å². The number of hydrogen-bond acceptors (Lipinski definition) is 4. The van der Waals surface area contributed by atoms with Gasteiger partial charge in [0.1, 0.15) is 12.0 Å². The molecule has 33 heavy (non-hydrogen) atoms. The van der Waals surface area contributed by atoms with Crippen molar-refractivity contribution < 1.29 is 0 Å². The van der Waals surface area contributed by atoms with Gasteiger partial charge in [-0.15, -0.1) is 6.58 Å². The molecule has 1 unspecified atom stereocenters. The number of allylic oxidation sites excluding steroid dienone is 1. The lowest BCUT2D eigenvalue weighted by Crippen LogP contribution is -2.19. The zero-order valence-electron chi connectivity index (χ0n) is 18.5. The molecular formula is C28H27N5. The standard InChI is InChI=1S/C28H27N5/c1-3-4-10-19(2)27(29)33-28(30)22-17-15-21(16-18-22)26-25(20-11-6-5-7-12-20)31-23-13-8-9-14-24(23)32-26/h3,5-9,11-18,28H,1-2,4,10,30H2,(H2,29,33). The first kappa shape index (κ1) is 22.1. The summed E-state index contributed by atoms with van der Waals surface area (Å²) in [7, 11) is 0. The lowest BCUT2D eigenvalue weighted by atomic mass is 10.0. The molecule has 4 N–H and O–H groups in total. The Hall–Kier alpha value is -4.09. The van der Waals surface area contributed by atoms with Crippen molar-refractivity contribution in [3.8, 4) is 22.5 Å². The van der Waals surface area contributed by atoms with E-state index in [4.69, 9.17) is 21.4 Å². The third-order valence-corrected chi connectivity index (χ3v) is 5.43. The monoisotopic (exact) mass is 433 g/mol. The number of nitrogens with zero attached hydrogens (tertiary/aromatic N) is 3. The predicted octanol–water partition coefficient (Wildman–Crippen LogP) is 5.80. The summed E-state index contributed by atoms with van der Waals surface area (Å²) in [5, 5.41) is 0. The molecular weight excluding hydrogens is 406 g/mol. The van der Waals surface area contributed by atoms with Gasteiger partial charge in [0.05, 0.1) is 22.4 Å². The number of aromatic nitrogens is 2. The van der Waals surface area contributed by atoms with Crippen LogP contribution >= 0.6 is 0 Å². The van der Waals surface area contributed by atoms with Crippen LogP contribution in [0.15, 0.2) is 109 Å². The van der Waals surface area contributed by atoms with E-state index >= 15 is 0 Å². The van der Waals surface area contributed by atoms with Crippen LogP contribution in [0, 0.1) is 0 Å². The van der Waals surface area contributed by atoms with Gasteiger partial charge in [-0.05, 0) is 36.1 Å². The molecule has 1 atom stereocenters. The van der Waals surface area contributed by atoms with E-state index < -0.39 is 6.17 Å². The highest BCUT2D eigenvalue weighted by Gasteiger charge is 2.14. The average molecular weight is 434 g/mol. The molecule has 0 fully saturated rings. The summed E-state index contributed by atoms with van der Waals surface area (Å²) in [4.78, 5) is 14.3. The zero-order valence-corrected chi connectivity index (χ0v) is 18.5. The molecule has 0 saturated heterocycles. The summed E-state index contributed by atoms with van der Waals surface area (Å²) in [6, 6.07) is 25.9. The Morgan fingerprint density at radius 3 is 1.97 bits per heavy atom. The molecule has 5 nitrogen and oxygen atoms in total. The van der Waals surface area contributed by atoms with Gasteiger partial charge in [0, 0.05) is 11.1 Å². The van der Waals surface area contributed by atoms with E-state index in [0.717, 1.165) is 51.1 Å². The fraction of sp³-hybridized carbons (Fsp3) is 0.107. The molecule has 1 aromatic heterocycles. The highest BCUT2D eigenvalue weighted by Crippen LogP contribution is 2.31. The van der Waals surface area contributed by atoms with Crippen LogP contribution in [0.5, 0.6) is 0 Å².